The summed E-state index contributed by atoms with van der Waals surface area (Å²) in [5, 5.41) is 45.2. The van der Waals surface area contributed by atoms with Crippen molar-refractivity contribution in [3.05, 3.63) is 0 Å². The van der Waals surface area contributed by atoms with Gasteiger partial charge in [-0.05, 0) is 117 Å². The van der Waals surface area contributed by atoms with Crippen LogP contribution in [0.4, 0.5) is 0 Å². The van der Waals surface area contributed by atoms with Crippen LogP contribution >= 0.6 is 12.4 Å². The zero-order chi connectivity index (χ0) is 27.8. The molecule has 1 amide bonds. The van der Waals surface area contributed by atoms with Crippen molar-refractivity contribution < 1.29 is 30.0 Å². The van der Waals surface area contributed by atoms with Crippen molar-refractivity contribution in [2.75, 3.05) is 6.54 Å². The van der Waals surface area contributed by atoms with Gasteiger partial charge in [0.2, 0.25) is 5.91 Å². The van der Waals surface area contributed by atoms with E-state index in [0.29, 0.717) is 55.9 Å². The van der Waals surface area contributed by atoms with Crippen LogP contribution in [0.15, 0.2) is 0 Å². The number of carboxylic acids is 1. The Labute approximate surface area is 240 Å². The fourth-order valence-electron chi connectivity index (χ4n) is 9.62. The maximum Gasteiger partial charge on any atom is 0.320 e. The predicted octanol–water partition coefficient (Wildman–Crippen LogP) is 3.48. The van der Waals surface area contributed by atoms with E-state index in [9.17, 15) is 24.9 Å². The third-order valence-electron chi connectivity index (χ3n) is 11.9. The van der Waals surface area contributed by atoms with Gasteiger partial charge in [0, 0.05) is 13.0 Å². The molecule has 4 rings (SSSR count). The molecule has 4 saturated carbocycles. The maximum absolute atomic E-state index is 12.5. The molecule has 39 heavy (non-hydrogen) atoms. The first-order valence-corrected chi connectivity index (χ1v) is 15.2. The second-order valence-corrected chi connectivity index (χ2v) is 13.8. The molecule has 0 heterocycles. The molecule has 0 spiro atoms. The lowest BCUT2D eigenvalue weighted by atomic mass is 9.43. The summed E-state index contributed by atoms with van der Waals surface area (Å²) >= 11 is 0. The molecular formula is C30H53ClN2O6. The number of nitrogens with two attached hydrogens (primary N) is 1. The minimum Gasteiger partial charge on any atom is -0.480 e. The molecule has 0 saturated heterocycles. The summed E-state index contributed by atoms with van der Waals surface area (Å²) in [5.41, 5.74) is 5.35. The average Bonchev–Trinajstić information content (AvgIpc) is 3.22. The number of halogens is 1. The first kappa shape index (κ1) is 32.6. The van der Waals surface area contributed by atoms with Gasteiger partial charge in [0.15, 0.2) is 0 Å². The van der Waals surface area contributed by atoms with Crippen LogP contribution in [-0.4, -0.2) is 63.2 Å². The molecule has 8 nitrogen and oxygen atoms in total. The Morgan fingerprint density at radius 3 is 2.41 bits per heavy atom. The van der Waals surface area contributed by atoms with Gasteiger partial charge in [-0.3, -0.25) is 9.59 Å². The van der Waals surface area contributed by atoms with Gasteiger partial charge < -0.3 is 31.5 Å². The van der Waals surface area contributed by atoms with E-state index in [1.54, 1.807) is 0 Å². The Balaban J connectivity index is 0.00000420. The number of aliphatic hydroxyl groups excluding tert-OH is 3. The topological polar surface area (TPSA) is 153 Å². The number of aliphatic carboxylic acids is 1. The molecule has 0 aromatic carbocycles. The second-order valence-electron chi connectivity index (χ2n) is 13.8. The van der Waals surface area contributed by atoms with E-state index in [0.717, 1.165) is 51.4 Å². The van der Waals surface area contributed by atoms with Crippen molar-refractivity contribution in [2.24, 2.45) is 52.1 Å². The molecule has 4 fully saturated rings. The van der Waals surface area contributed by atoms with Crippen LogP contribution in [0.1, 0.15) is 97.8 Å². The summed E-state index contributed by atoms with van der Waals surface area (Å²) in [5.74, 6) is 0.747. The van der Waals surface area contributed by atoms with E-state index >= 15 is 0 Å². The summed E-state index contributed by atoms with van der Waals surface area (Å²) in [6, 6.07) is -0.844. The van der Waals surface area contributed by atoms with Crippen LogP contribution < -0.4 is 11.1 Å². The Morgan fingerprint density at radius 1 is 1.00 bits per heavy atom. The van der Waals surface area contributed by atoms with E-state index in [2.05, 4.69) is 26.1 Å². The average molecular weight is 573 g/mol. The van der Waals surface area contributed by atoms with E-state index in [1.807, 2.05) is 0 Å². The monoisotopic (exact) mass is 572 g/mol. The minimum absolute atomic E-state index is 0. The number of aliphatic hydroxyl groups is 3. The summed E-state index contributed by atoms with van der Waals surface area (Å²) in [7, 11) is 0. The highest BCUT2D eigenvalue weighted by Gasteiger charge is 2.65. The highest BCUT2D eigenvalue weighted by atomic mass is 35.5. The van der Waals surface area contributed by atoms with Crippen LogP contribution in [0.3, 0.4) is 0 Å². The van der Waals surface area contributed by atoms with Gasteiger partial charge >= 0.3 is 5.97 Å². The molecule has 12 atom stereocenters. The molecule has 0 aromatic rings. The summed E-state index contributed by atoms with van der Waals surface area (Å²) in [4.78, 5) is 23.3. The van der Waals surface area contributed by atoms with Crippen molar-refractivity contribution in [3.63, 3.8) is 0 Å². The number of amides is 1. The van der Waals surface area contributed by atoms with Crippen LogP contribution in [0.2, 0.25) is 0 Å². The molecule has 0 radical (unpaired) electrons. The molecule has 0 aromatic heterocycles. The lowest BCUT2D eigenvalue weighted by Crippen LogP contribution is -2.62. The minimum atomic E-state index is -0.991. The highest BCUT2D eigenvalue weighted by Crippen LogP contribution is 2.68. The predicted molar refractivity (Wildman–Crippen MR) is 152 cm³/mol. The van der Waals surface area contributed by atoms with E-state index in [-0.39, 0.29) is 53.2 Å². The number of carbonyl (C=O) groups excluding carboxylic acids is 1. The molecule has 4 aliphatic carbocycles. The standard InChI is InChI=1S/C30H52N2O6.ClH/c1-17(7-10-26(36)32-13-5-4-6-23(31)28(37)38)20-8-9-21-27-22(16-25(35)30(20,21)3)29(2)12-11-19(33)14-18(29)15-24(27)34;/h17-25,27,33-35H,4-16,31H2,1-3H3,(H,32,36)(H,37,38);1H/t17?,18-,19+,20+,21-,22-,23-,24+,25-,27-,29-,30+;/m0./s1. The van der Waals surface area contributed by atoms with Gasteiger partial charge in [-0.15, -0.1) is 12.4 Å². The zero-order valence-corrected chi connectivity index (χ0v) is 24.9. The van der Waals surface area contributed by atoms with Gasteiger partial charge in [0.1, 0.15) is 6.04 Å². The molecule has 4 aliphatic rings. The lowest BCUT2D eigenvalue weighted by Gasteiger charge is -2.63. The number of fused-ring (bicyclic) bond motifs is 5. The lowest BCUT2D eigenvalue weighted by molar-refractivity contribution is -0.207. The maximum atomic E-state index is 12.5. The van der Waals surface area contributed by atoms with E-state index in [1.165, 1.54) is 0 Å². The van der Waals surface area contributed by atoms with Gasteiger partial charge in [-0.1, -0.05) is 20.8 Å². The number of rotatable bonds is 10. The molecular weight excluding hydrogens is 520 g/mol. The number of hydrogen-bond donors (Lipinski definition) is 6. The van der Waals surface area contributed by atoms with Gasteiger partial charge in [-0.2, -0.15) is 0 Å². The van der Waals surface area contributed by atoms with Crippen LogP contribution in [0, 0.1) is 46.3 Å². The number of unbranched alkanes of at least 4 members (excludes halogenated alkanes) is 1. The third-order valence-corrected chi connectivity index (χ3v) is 11.9. The first-order valence-electron chi connectivity index (χ1n) is 15.2. The molecule has 0 aliphatic heterocycles. The van der Waals surface area contributed by atoms with Crippen molar-refractivity contribution >= 4 is 24.3 Å². The summed E-state index contributed by atoms with van der Waals surface area (Å²) in [6.45, 7) is 7.35. The van der Waals surface area contributed by atoms with Crippen LogP contribution in [-0.2, 0) is 9.59 Å². The number of nitrogens with one attached hydrogen (secondary N) is 1. The van der Waals surface area contributed by atoms with E-state index in [4.69, 9.17) is 10.8 Å². The summed E-state index contributed by atoms with van der Waals surface area (Å²) < 4.78 is 0. The zero-order valence-electron chi connectivity index (χ0n) is 24.1. The van der Waals surface area contributed by atoms with Gasteiger partial charge in [-0.25, -0.2) is 0 Å². The third kappa shape index (κ3) is 6.30. The van der Waals surface area contributed by atoms with E-state index < -0.39 is 18.1 Å². The Morgan fingerprint density at radius 2 is 1.72 bits per heavy atom. The van der Waals surface area contributed by atoms with Crippen molar-refractivity contribution in [2.45, 2.75) is 122 Å². The fraction of sp³-hybridized carbons (Fsp3) is 0.933. The number of carboxylic acid groups (broad SMARTS) is 1. The fourth-order valence-corrected chi connectivity index (χ4v) is 9.62. The largest absolute Gasteiger partial charge is 0.480 e. The highest BCUT2D eigenvalue weighted by molar-refractivity contribution is 5.85. The van der Waals surface area contributed by atoms with Gasteiger partial charge in [0.25, 0.3) is 0 Å². The van der Waals surface area contributed by atoms with Crippen LogP contribution in [0.25, 0.3) is 0 Å². The quantitative estimate of drug-likeness (QED) is 0.219. The number of hydrogen-bond acceptors (Lipinski definition) is 6. The smallest absolute Gasteiger partial charge is 0.320 e. The first-order chi connectivity index (χ1) is 17.9. The number of carbonyl (C=O) groups is 2. The van der Waals surface area contributed by atoms with Crippen LogP contribution in [0.5, 0.6) is 0 Å². The normalized spacial score (nSPS) is 42.7. The molecule has 9 heteroatoms. The second kappa shape index (κ2) is 12.9. The molecule has 226 valence electrons. The van der Waals surface area contributed by atoms with Crippen molar-refractivity contribution in [3.8, 4) is 0 Å². The molecule has 1 unspecified atom stereocenters. The molecule has 7 N–H and O–H groups in total. The SMILES string of the molecule is CC(CCC(=O)NCCCC[C@H](N)C(=O)O)[C@H]1CC[C@H]2[C@@H]3[C@H](O)C[C@@H]4C[C@H](O)CC[C@]4(C)[C@H]3C[C@H](O)[C@]12C.Cl. The molecule has 0 bridgehead atoms. The Hall–Kier alpha value is -0.930. The Bertz CT molecular complexity index is 861. The van der Waals surface area contributed by atoms with Crippen molar-refractivity contribution in [1.29, 1.82) is 0 Å². The summed E-state index contributed by atoms with van der Waals surface area (Å²) in [6.07, 6.45) is 8.06. The van der Waals surface area contributed by atoms with Gasteiger partial charge in [0.05, 0.1) is 18.3 Å². The Kier molecular flexibility index (Phi) is 10.8. The van der Waals surface area contributed by atoms with Crippen molar-refractivity contribution in [1.82, 2.24) is 5.32 Å².